The van der Waals surface area contributed by atoms with E-state index in [0.717, 1.165) is 63.2 Å². The predicted octanol–water partition coefficient (Wildman–Crippen LogP) is 8.46. The molecule has 6 aliphatic rings. The number of nitrogens with zero attached hydrogens (tertiary/aromatic N) is 1. The molecule has 1 aromatic carbocycles. The molecule has 1 aliphatic heterocycles. The third-order valence-electron chi connectivity index (χ3n) is 16.4. The lowest BCUT2D eigenvalue weighted by molar-refractivity contribution is -0.217. The Hall–Kier alpha value is -2.18. The topological polar surface area (TPSA) is 78.9 Å². The lowest BCUT2D eigenvalue weighted by Gasteiger charge is -2.72. The number of carbonyl (C=O) groups is 2. The molecule has 5 aliphatic carbocycles. The van der Waals surface area contributed by atoms with Crippen LogP contribution in [0.15, 0.2) is 30.3 Å². The predicted molar refractivity (Wildman–Crippen MR) is 192 cm³/mol. The number of carbonyl (C=O) groups excluding carboxylic acids is 1. The summed E-state index contributed by atoms with van der Waals surface area (Å²) < 4.78 is 4.96. The second-order valence-electron chi connectivity index (χ2n) is 18.3. The molecule has 8 atom stereocenters. The van der Waals surface area contributed by atoms with E-state index in [1.165, 1.54) is 76.0 Å². The molecule has 6 nitrogen and oxygen atoms in total. The van der Waals surface area contributed by atoms with E-state index in [0.29, 0.717) is 27.9 Å². The Kier molecular flexibility index (Phi) is 8.75. The summed E-state index contributed by atoms with van der Waals surface area (Å²) in [6.07, 6.45) is 17.4. The van der Waals surface area contributed by atoms with E-state index in [1.54, 1.807) is 0 Å². The number of hydrogen-bond donors (Lipinski definition) is 2. The summed E-state index contributed by atoms with van der Waals surface area (Å²) in [6, 6.07) is 8.12. The molecule has 48 heavy (non-hydrogen) atoms. The second kappa shape index (κ2) is 12.2. The molecule has 0 unspecified atom stereocenters. The van der Waals surface area contributed by atoms with E-state index < -0.39 is 5.97 Å². The van der Waals surface area contributed by atoms with Crippen LogP contribution in [-0.4, -0.2) is 60.8 Å². The first kappa shape index (κ1) is 34.3. The van der Waals surface area contributed by atoms with Crippen molar-refractivity contribution in [2.75, 3.05) is 33.3 Å². The first-order valence-electron chi connectivity index (χ1n) is 19.4. The Balaban J connectivity index is 1.08. The Morgan fingerprint density at radius 2 is 1.58 bits per heavy atom. The maximum absolute atomic E-state index is 12.1. The lowest BCUT2D eigenvalue weighted by atomic mass is 9.33. The summed E-state index contributed by atoms with van der Waals surface area (Å²) in [6.45, 7) is 17.1. The number of esters is 1. The first-order valence-corrected chi connectivity index (χ1v) is 19.4. The minimum Gasteiger partial charge on any atom is -0.481 e. The van der Waals surface area contributed by atoms with Crippen LogP contribution in [0, 0.1) is 51.2 Å². The number of likely N-dealkylation sites (tertiary alicyclic amines) is 1. The molecule has 2 N–H and O–H groups in total. The molecule has 1 heterocycles. The highest BCUT2D eigenvalue weighted by Gasteiger charge is 2.69. The van der Waals surface area contributed by atoms with E-state index in [1.807, 2.05) is 12.1 Å². The second-order valence-corrected chi connectivity index (χ2v) is 18.3. The lowest BCUT2D eigenvalue weighted by Crippen LogP contribution is -2.67. The number of hydrogen-bond acceptors (Lipinski definition) is 5. The number of allylic oxidation sites excluding steroid dienone is 2. The maximum atomic E-state index is 12.1. The van der Waals surface area contributed by atoms with Crippen LogP contribution in [-0.2, 0) is 9.53 Å². The molecule has 1 aromatic rings. The third-order valence-corrected chi connectivity index (χ3v) is 16.4. The summed E-state index contributed by atoms with van der Waals surface area (Å²) in [5.74, 6) is 1.91. The number of piperidine rings is 1. The number of ether oxygens (including phenoxy) is 1. The number of benzene rings is 1. The number of rotatable bonds is 7. The zero-order valence-corrected chi connectivity index (χ0v) is 30.7. The summed E-state index contributed by atoms with van der Waals surface area (Å²) in [7, 11) is 1.45. The Labute approximate surface area is 289 Å². The maximum Gasteiger partial charge on any atom is 0.337 e. The van der Waals surface area contributed by atoms with Gasteiger partial charge in [0.15, 0.2) is 0 Å². The van der Waals surface area contributed by atoms with Crippen LogP contribution in [0.5, 0.6) is 0 Å². The molecule has 6 heteroatoms. The molecule has 0 bridgehead atoms. The van der Waals surface area contributed by atoms with Gasteiger partial charge in [-0.25, -0.2) is 4.79 Å². The van der Waals surface area contributed by atoms with E-state index in [2.05, 4.69) is 63.0 Å². The molecule has 0 spiro atoms. The van der Waals surface area contributed by atoms with Gasteiger partial charge >= 0.3 is 11.9 Å². The van der Waals surface area contributed by atoms with Gasteiger partial charge in [0.25, 0.3) is 0 Å². The first-order chi connectivity index (χ1) is 22.8. The molecule has 4 saturated carbocycles. The summed E-state index contributed by atoms with van der Waals surface area (Å²) in [5, 5.41) is 13.6. The molecular formula is C42H62N2O4. The standard InChI is InChI=1S/C42H62N2O4/c1-38(2)31(28-9-11-30(12-10-28)37(47)48-6)15-20-39(3)34(38)16-21-41(5)35(39)14-13-32-33-8-7-19-42(33,23-22-40(32,41)4)43-24-27-44-25-17-29(18-26-44)36(45)46/h9-12,15,29,32-35,43H,7-8,13-14,16-27H2,1-6H3,(H,45,46)/t32-,33-,34+,35-,39+,40-,41-,42+/m1/s1. The summed E-state index contributed by atoms with van der Waals surface area (Å²) in [4.78, 5) is 26.0. The van der Waals surface area contributed by atoms with Crippen LogP contribution in [0.3, 0.4) is 0 Å². The molecule has 264 valence electrons. The van der Waals surface area contributed by atoms with Crippen LogP contribution < -0.4 is 5.32 Å². The number of carboxylic acids is 1. The van der Waals surface area contributed by atoms with Gasteiger partial charge in [-0.1, -0.05) is 59.2 Å². The minimum absolute atomic E-state index is 0.0683. The zero-order valence-electron chi connectivity index (χ0n) is 30.7. The van der Waals surface area contributed by atoms with Crippen molar-refractivity contribution in [1.82, 2.24) is 10.2 Å². The van der Waals surface area contributed by atoms with Crippen molar-refractivity contribution in [3.05, 3.63) is 41.5 Å². The number of aliphatic carboxylic acids is 1. The van der Waals surface area contributed by atoms with Gasteiger partial charge in [0.05, 0.1) is 18.6 Å². The van der Waals surface area contributed by atoms with Crippen molar-refractivity contribution in [3.8, 4) is 0 Å². The van der Waals surface area contributed by atoms with Crippen LogP contribution in [0.2, 0.25) is 0 Å². The van der Waals surface area contributed by atoms with Crippen molar-refractivity contribution >= 4 is 17.5 Å². The van der Waals surface area contributed by atoms with E-state index in [9.17, 15) is 14.7 Å². The SMILES string of the molecule is COC(=O)c1ccc(C2=CC[C@]3(C)[C@H]4CC[C@@H]5[C@H]6CCC[C@]6(NCCN6CCC(C(=O)O)CC6)CC[C@@]5(C)[C@]4(C)CC[C@H]3C2(C)C)cc1. The smallest absolute Gasteiger partial charge is 0.337 e. The normalized spacial score (nSPS) is 40.9. The van der Waals surface area contributed by atoms with Gasteiger partial charge in [-0.2, -0.15) is 0 Å². The van der Waals surface area contributed by atoms with Gasteiger partial charge in [0.1, 0.15) is 0 Å². The summed E-state index contributed by atoms with van der Waals surface area (Å²) >= 11 is 0. The van der Waals surface area contributed by atoms with Crippen molar-refractivity contribution in [1.29, 1.82) is 0 Å². The van der Waals surface area contributed by atoms with Gasteiger partial charge in [-0.3, -0.25) is 4.79 Å². The molecule has 5 fully saturated rings. The number of methoxy groups -OCH3 is 1. The van der Waals surface area contributed by atoms with E-state index in [-0.39, 0.29) is 22.7 Å². The third kappa shape index (κ3) is 5.16. The van der Waals surface area contributed by atoms with E-state index >= 15 is 0 Å². The number of nitrogens with one attached hydrogen (secondary N) is 1. The Morgan fingerprint density at radius 1 is 0.854 bits per heavy atom. The highest BCUT2D eigenvalue weighted by molar-refractivity contribution is 5.90. The molecule has 1 saturated heterocycles. The Bertz CT molecular complexity index is 1430. The largest absolute Gasteiger partial charge is 0.481 e. The molecular weight excluding hydrogens is 596 g/mol. The average Bonchev–Trinajstić information content (AvgIpc) is 3.49. The number of carboxylic acid groups (broad SMARTS) is 1. The van der Waals surface area contributed by atoms with Crippen LogP contribution in [0.4, 0.5) is 0 Å². The van der Waals surface area contributed by atoms with Gasteiger partial charge < -0.3 is 20.1 Å². The Morgan fingerprint density at radius 3 is 2.27 bits per heavy atom. The monoisotopic (exact) mass is 658 g/mol. The van der Waals surface area contributed by atoms with Crippen molar-refractivity contribution in [3.63, 3.8) is 0 Å². The van der Waals surface area contributed by atoms with Crippen LogP contribution >= 0.6 is 0 Å². The highest BCUT2D eigenvalue weighted by atomic mass is 16.5. The average molecular weight is 659 g/mol. The molecule has 0 aromatic heterocycles. The van der Waals surface area contributed by atoms with Crippen molar-refractivity contribution < 1.29 is 19.4 Å². The highest BCUT2D eigenvalue weighted by Crippen LogP contribution is 2.76. The zero-order chi connectivity index (χ0) is 34.1. The van der Waals surface area contributed by atoms with Crippen molar-refractivity contribution in [2.24, 2.45) is 51.2 Å². The van der Waals surface area contributed by atoms with Crippen LogP contribution in [0.1, 0.15) is 128 Å². The molecule has 7 rings (SSSR count). The number of fused-ring (bicyclic) bond motifs is 7. The quantitative estimate of drug-likeness (QED) is 0.286. The van der Waals surface area contributed by atoms with Crippen molar-refractivity contribution in [2.45, 2.75) is 117 Å². The van der Waals surface area contributed by atoms with Gasteiger partial charge in [0, 0.05) is 18.6 Å². The van der Waals surface area contributed by atoms with E-state index in [4.69, 9.17) is 4.74 Å². The fraction of sp³-hybridized carbons (Fsp3) is 0.762. The fourth-order valence-corrected chi connectivity index (χ4v) is 13.7. The van der Waals surface area contributed by atoms with Gasteiger partial charge in [-0.05, 0) is 152 Å². The van der Waals surface area contributed by atoms with Gasteiger partial charge in [0.2, 0.25) is 0 Å². The molecule has 0 amide bonds. The van der Waals surface area contributed by atoms with Gasteiger partial charge in [-0.15, -0.1) is 0 Å². The minimum atomic E-state index is -0.617. The van der Waals surface area contributed by atoms with Crippen LogP contribution in [0.25, 0.3) is 5.57 Å². The summed E-state index contributed by atoms with van der Waals surface area (Å²) in [5.41, 5.74) is 4.70. The molecule has 0 radical (unpaired) electrons. The fourth-order valence-electron chi connectivity index (χ4n) is 13.7.